The second-order valence-corrected chi connectivity index (χ2v) is 21.5. The van der Waals surface area contributed by atoms with E-state index in [1.807, 2.05) is 6.08 Å². The van der Waals surface area contributed by atoms with Crippen molar-refractivity contribution in [1.82, 2.24) is 10.6 Å². The third-order valence-electron chi connectivity index (χ3n) is 14.8. The minimum Gasteiger partial charge on any atom is -0.477 e. The van der Waals surface area contributed by atoms with Gasteiger partial charge < -0.3 is 75.5 Å². The maximum absolute atomic E-state index is 13.4. The summed E-state index contributed by atoms with van der Waals surface area (Å²) in [7, 11) is 0. The van der Waals surface area contributed by atoms with Gasteiger partial charge in [-0.3, -0.25) is 9.59 Å². The van der Waals surface area contributed by atoms with Crippen molar-refractivity contribution in [1.29, 1.82) is 0 Å². The van der Waals surface area contributed by atoms with Crippen LogP contribution in [-0.4, -0.2) is 163 Å². The van der Waals surface area contributed by atoms with E-state index in [2.05, 4.69) is 24.5 Å². The third kappa shape index (κ3) is 27.9. The summed E-state index contributed by atoms with van der Waals surface area (Å²) in [6.45, 7) is 3.25. The zero-order valence-corrected chi connectivity index (χ0v) is 46.4. The van der Waals surface area contributed by atoms with E-state index >= 15 is 0 Å². The molecule has 18 nitrogen and oxygen atoms in total. The summed E-state index contributed by atoms with van der Waals surface area (Å²) in [5, 5.41) is 102. The van der Waals surface area contributed by atoms with Crippen LogP contribution < -0.4 is 10.6 Å². The van der Waals surface area contributed by atoms with Crippen LogP contribution in [-0.2, 0) is 33.3 Å². The summed E-state index contributed by atoms with van der Waals surface area (Å²) in [6, 6.07) is -2.55. The number of unbranched alkanes of at least 4 members (excludes halogenated alkanes) is 29. The van der Waals surface area contributed by atoms with Gasteiger partial charge >= 0.3 is 5.97 Å². The van der Waals surface area contributed by atoms with Gasteiger partial charge in [0.25, 0.3) is 5.79 Å². The Balaban J connectivity index is 2.03. The second kappa shape index (κ2) is 41.7. The summed E-state index contributed by atoms with van der Waals surface area (Å²) < 4.78 is 23.2. The van der Waals surface area contributed by atoms with Gasteiger partial charge in [0.15, 0.2) is 6.29 Å². The molecule has 0 spiro atoms. The van der Waals surface area contributed by atoms with Crippen molar-refractivity contribution in [3.8, 4) is 0 Å². The number of aliphatic hydroxyl groups excluding tert-OH is 8. The minimum atomic E-state index is -2.96. The van der Waals surface area contributed by atoms with Crippen LogP contribution in [0.2, 0.25) is 0 Å². The molecular formula is C57H106N2O16. The minimum absolute atomic E-state index is 0.207. The number of ether oxygens (including phenoxy) is 4. The number of amides is 2. The molecular weight excluding hydrogens is 969 g/mol. The number of carbonyl (C=O) groups is 3. The van der Waals surface area contributed by atoms with Gasteiger partial charge in [-0.1, -0.05) is 206 Å². The number of allylic oxidation sites excluding steroid dienone is 1. The maximum Gasteiger partial charge on any atom is 0.364 e. The molecule has 0 saturated carbocycles. The number of nitrogens with one attached hydrogen (secondary N) is 2. The molecule has 4 unspecified atom stereocenters. The van der Waals surface area contributed by atoms with Crippen molar-refractivity contribution in [3.63, 3.8) is 0 Å². The number of rotatable bonds is 46. The molecule has 0 aliphatic carbocycles. The van der Waals surface area contributed by atoms with Gasteiger partial charge in [0.2, 0.25) is 11.8 Å². The van der Waals surface area contributed by atoms with Crippen LogP contribution in [0.5, 0.6) is 0 Å². The van der Waals surface area contributed by atoms with Gasteiger partial charge in [0, 0.05) is 19.8 Å². The Morgan fingerprint density at radius 1 is 0.680 bits per heavy atom. The van der Waals surface area contributed by atoms with E-state index in [-0.39, 0.29) is 12.3 Å². The van der Waals surface area contributed by atoms with E-state index in [9.17, 15) is 60.3 Å². The molecule has 0 aromatic heterocycles. The van der Waals surface area contributed by atoms with Gasteiger partial charge in [-0.05, 0) is 19.3 Å². The zero-order valence-electron chi connectivity index (χ0n) is 46.4. The highest BCUT2D eigenvalue weighted by Gasteiger charge is 2.59. The molecule has 13 atom stereocenters. The molecule has 2 aliphatic rings. The Hall–Kier alpha value is -2.33. The van der Waals surface area contributed by atoms with E-state index < -0.39 is 117 Å². The Morgan fingerprint density at radius 2 is 1.15 bits per heavy atom. The fraction of sp³-hybridized carbons (Fsp3) is 0.912. The Bertz CT molecular complexity index is 1500. The van der Waals surface area contributed by atoms with Gasteiger partial charge in [-0.15, -0.1) is 0 Å². The number of aliphatic hydroxyl groups is 8. The lowest BCUT2D eigenvalue weighted by Crippen LogP contribution is -2.70. The van der Waals surface area contributed by atoms with Crippen LogP contribution in [0.1, 0.15) is 233 Å². The molecule has 0 aromatic carbocycles. The Labute approximate surface area is 450 Å². The van der Waals surface area contributed by atoms with Crippen LogP contribution in [0.3, 0.4) is 0 Å². The largest absolute Gasteiger partial charge is 0.477 e. The van der Waals surface area contributed by atoms with Crippen LogP contribution in [0.4, 0.5) is 0 Å². The number of carboxylic acid groups (broad SMARTS) is 1. The summed E-state index contributed by atoms with van der Waals surface area (Å²) >= 11 is 0. The van der Waals surface area contributed by atoms with Crippen molar-refractivity contribution in [2.45, 2.75) is 312 Å². The van der Waals surface area contributed by atoms with Crippen LogP contribution in [0, 0.1) is 0 Å². The highest BCUT2D eigenvalue weighted by Crippen LogP contribution is 2.37. The van der Waals surface area contributed by atoms with Crippen LogP contribution in [0.15, 0.2) is 12.2 Å². The standard InChI is InChI=1S/C57H106N2O16/c1-4-6-8-10-12-14-16-18-19-20-21-22-23-25-27-29-31-33-35-37-48(66)59-43(44(63)36-34-32-30-28-26-24-17-15-13-11-9-7-5-2)41-72-55-52(69)54(51(68)47(40-61)73-55)75-57(56(70)71)38-45(64)49(58-42(3)62)53(74-57)50(67)46(65)39-60/h34,36,43-47,49-55,60-61,63-65,67-69H,4-33,35,37-41H2,1-3H3,(H,58,62)(H,59,66)(H,70,71)/b36-34+/t43-,44+,45?,46+,47?,49+,50+,51-,52?,53?,54-,55+,57-/m0/s1. The zero-order chi connectivity index (χ0) is 55.3. The highest BCUT2D eigenvalue weighted by atomic mass is 16.8. The monoisotopic (exact) mass is 1070 g/mol. The first-order valence-electron chi connectivity index (χ1n) is 29.5. The molecule has 2 rings (SSSR count). The summed E-state index contributed by atoms with van der Waals surface area (Å²) in [4.78, 5) is 38.4. The quantitative estimate of drug-likeness (QED) is 0.0218. The van der Waals surface area contributed by atoms with E-state index in [1.165, 1.54) is 148 Å². The summed E-state index contributed by atoms with van der Waals surface area (Å²) in [5.41, 5.74) is 0. The first-order chi connectivity index (χ1) is 36.2. The summed E-state index contributed by atoms with van der Waals surface area (Å²) in [6.07, 6.45) is 21.9. The molecule has 440 valence electrons. The normalized spacial score (nSPS) is 25.7. The Morgan fingerprint density at radius 3 is 1.59 bits per heavy atom. The predicted molar refractivity (Wildman–Crippen MR) is 287 cm³/mol. The van der Waals surface area contributed by atoms with Gasteiger partial charge in [-0.25, -0.2) is 4.79 Å². The number of aliphatic carboxylic acids is 1. The molecule has 0 bridgehead atoms. The van der Waals surface area contributed by atoms with Crippen molar-refractivity contribution in [2.24, 2.45) is 0 Å². The molecule has 0 radical (unpaired) electrons. The van der Waals surface area contributed by atoms with Crippen molar-refractivity contribution < 1.29 is 79.3 Å². The van der Waals surface area contributed by atoms with Crippen molar-refractivity contribution in [3.05, 3.63) is 12.2 Å². The first kappa shape index (κ1) is 68.8. The molecule has 0 aromatic rings. The first-order valence-corrected chi connectivity index (χ1v) is 29.5. The maximum atomic E-state index is 13.4. The smallest absolute Gasteiger partial charge is 0.364 e. The molecule has 2 saturated heterocycles. The van der Waals surface area contributed by atoms with Gasteiger partial charge in [-0.2, -0.15) is 0 Å². The van der Waals surface area contributed by atoms with E-state index in [0.29, 0.717) is 12.8 Å². The van der Waals surface area contributed by atoms with E-state index in [1.54, 1.807) is 6.08 Å². The van der Waals surface area contributed by atoms with E-state index in [0.717, 1.165) is 45.4 Å². The molecule has 2 aliphatic heterocycles. The number of carbonyl (C=O) groups excluding carboxylic acids is 2. The lowest BCUT2D eigenvalue weighted by molar-refractivity contribution is -0.370. The molecule has 11 N–H and O–H groups in total. The number of carboxylic acids is 1. The molecule has 18 heteroatoms. The Kier molecular flexibility index (Phi) is 38.2. The van der Waals surface area contributed by atoms with Crippen molar-refractivity contribution >= 4 is 17.8 Å². The van der Waals surface area contributed by atoms with Crippen molar-refractivity contribution in [2.75, 3.05) is 19.8 Å². The van der Waals surface area contributed by atoms with Crippen LogP contribution >= 0.6 is 0 Å². The topological polar surface area (TPSA) is 294 Å². The van der Waals surface area contributed by atoms with Gasteiger partial charge in [0.05, 0.1) is 44.1 Å². The lowest BCUT2D eigenvalue weighted by Gasteiger charge is -2.50. The average molecular weight is 1080 g/mol. The molecule has 2 fully saturated rings. The van der Waals surface area contributed by atoms with Gasteiger partial charge in [0.1, 0.15) is 42.7 Å². The van der Waals surface area contributed by atoms with Crippen LogP contribution in [0.25, 0.3) is 0 Å². The fourth-order valence-corrected chi connectivity index (χ4v) is 10.2. The molecule has 75 heavy (non-hydrogen) atoms. The highest BCUT2D eigenvalue weighted by molar-refractivity contribution is 5.77. The lowest BCUT2D eigenvalue weighted by atomic mass is 9.88. The molecule has 2 amide bonds. The predicted octanol–water partition coefficient (Wildman–Crippen LogP) is 6.90. The second-order valence-electron chi connectivity index (χ2n) is 21.5. The number of hydrogen-bond acceptors (Lipinski definition) is 15. The number of hydrogen-bond donors (Lipinski definition) is 11. The third-order valence-corrected chi connectivity index (χ3v) is 14.8. The molecule has 2 heterocycles. The van der Waals surface area contributed by atoms with E-state index in [4.69, 9.17) is 18.9 Å². The average Bonchev–Trinajstić information content (AvgIpc) is 3.38. The fourth-order valence-electron chi connectivity index (χ4n) is 10.2. The SMILES string of the molecule is CCCCCCCCCCCCC/C=C/[C@@H](O)[C@H](CO[C@@H]1OC(CO)[C@H](O)[C@H](O[C@]2(C(=O)O)CC(O)[C@@H](NC(C)=O)C([C@H](O)[C@H](O)CO)O2)C1O)NC(=O)CCCCCCCCCCCCCCCCCCCCC. The summed E-state index contributed by atoms with van der Waals surface area (Å²) in [5.74, 6) is -5.87.